The second kappa shape index (κ2) is 5.74. The number of hydrogen-bond acceptors (Lipinski definition) is 5. The topological polar surface area (TPSA) is 84.7 Å². The molecule has 0 bridgehead atoms. The van der Waals surface area contributed by atoms with Gasteiger partial charge in [0.05, 0.1) is 25.9 Å². The van der Waals surface area contributed by atoms with Crippen LogP contribution in [-0.4, -0.2) is 57.9 Å². The van der Waals surface area contributed by atoms with Crippen LogP contribution in [0.1, 0.15) is 0 Å². The van der Waals surface area contributed by atoms with E-state index in [2.05, 4.69) is 4.98 Å². The molecule has 0 spiro atoms. The molecule has 1 fully saturated rings. The molecule has 0 saturated carbocycles. The number of amides is 1. The maximum atomic E-state index is 12.1. The van der Waals surface area contributed by atoms with Crippen molar-refractivity contribution < 1.29 is 14.6 Å². The number of rotatable bonds is 3. The Bertz CT molecular complexity index is 473. The maximum absolute atomic E-state index is 12.1. The Kier molecular flexibility index (Phi) is 4.06. The van der Waals surface area contributed by atoms with E-state index in [9.17, 15) is 14.7 Å². The molecule has 2 heterocycles. The fraction of sp³-hybridized carbons (Fsp3) is 0.545. The SMILES string of the molecule is O=C(Cn1cccnc1=O)N1CCOCC1CO. The molecule has 1 atom stereocenters. The Morgan fingerprint density at radius 3 is 3.17 bits per heavy atom. The second-order valence-electron chi connectivity index (χ2n) is 4.03. The van der Waals surface area contributed by atoms with Crippen LogP contribution in [-0.2, 0) is 16.1 Å². The molecule has 0 aliphatic carbocycles. The third-order valence-corrected chi connectivity index (χ3v) is 2.85. The van der Waals surface area contributed by atoms with E-state index in [1.54, 1.807) is 11.0 Å². The average Bonchev–Trinajstić information content (AvgIpc) is 2.41. The smallest absolute Gasteiger partial charge is 0.347 e. The summed E-state index contributed by atoms with van der Waals surface area (Å²) in [5.41, 5.74) is -0.459. The molecule has 0 aromatic carbocycles. The number of hydrogen-bond donors (Lipinski definition) is 1. The molecule has 1 aliphatic heterocycles. The van der Waals surface area contributed by atoms with Gasteiger partial charge in [-0.2, -0.15) is 0 Å². The number of morpholine rings is 1. The van der Waals surface area contributed by atoms with E-state index in [4.69, 9.17) is 4.74 Å². The Hall–Kier alpha value is -1.73. The minimum atomic E-state index is -0.459. The summed E-state index contributed by atoms with van der Waals surface area (Å²) in [5.74, 6) is -0.215. The van der Waals surface area contributed by atoms with Gasteiger partial charge in [-0.3, -0.25) is 9.36 Å². The molecule has 1 saturated heterocycles. The van der Waals surface area contributed by atoms with Gasteiger partial charge >= 0.3 is 5.69 Å². The lowest BCUT2D eigenvalue weighted by atomic mass is 10.2. The normalized spacial score (nSPS) is 19.8. The van der Waals surface area contributed by atoms with E-state index < -0.39 is 5.69 Å². The lowest BCUT2D eigenvalue weighted by molar-refractivity contribution is -0.142. The number of carbonyl (C=O) groups is 1. The molecule has 1 unspecified atom stereocenters. The van der Waals surface area contributed by atoms with Crippen LogP contribution in [0.3, 0.4) is 0 Å². The number of aromatic nitrogens is 2. The summed E-state index contributed by atoms with van der Waals surface area (Å²) in [6.07, 6.45) is 2.90. The van der Waals surface area contributed by atoms with Crippen LogP contribution < -0.4 is 5.69 Å². The van der Waals surface area contributed by atoms with Crippen LogP contribution in [0, 0.1) is 0 Å². The zero-order valence-corrected chi connectivity index (χ0v) is 9.86. The minimum Gasteiger partial charge on any atom is -0.394 e. The third kappa shape index (κ3) is 2.74. The number of nitrogens with zero attached hydrogens (tertiary/aromatic N) is 3. The fourth-order valence-corrected chi connectivity index (χ4v) is 1.88. The zero-order chi connectivity index (χ0) is 13.0. The Labute approximate surface area is 104 Å². The van der Waals surface area contributed by atoms with Gasteiger partial charge in [0.25, 0.3) is 0 Å². The van der Waals surface area contributed by atoms with Crippen molar-refractivity contribution in [1.82, 2.24) is 14.5 Å². The van der Waals surface area contributed by atoms with Crippen LogP contribution >= 0.6 is 0 Å². The number of ether oxygens (including phenoxy) is 1. The number of aliphatic hydroxyl groups is 1. The van der Waals surface area contributed by atoms with Crippen LogP contribution in [0.5, 0.6) is 0 Å². The monoisotopic (exact) mass is 253 g/mol. The Morgan fingerprint density at radius 1 is 1.61 bits per heavy atom. The van der Waals surface area contributed by atoms with Crippen molar-refractivity contribution in [3.05, 3.63) is 28.9 Å². The highest BCUT2D eigenvalue weighted by Gasteiger charge is 2.26. The highest BCUT2D eigenvalue weighted by atomic mass is 16.5. The summed E-state index contributed by atoms with van der Waals surface area (Å²) < 4.78 is 6.43. The Morgan fingerprint density at radius 2 is 2.44 bits per heavy atom. The van der Waals surface area contributed by atoms with Gasteiger partial charge in [0.2, 0.25) is 5.91 Å². The average molecular weight is 253 g/mol. The van der Waals surface area contributed by atoms with Gasteiger partial charge in [0.15, 0.2) is 0 Å². The molecule has 1 amide bonds. The molecule has 7 nitrogen and oxygen atoms in total. The van der Waals surface area contributed by atoms with E-state index in [0.29, 0.717) is 19.8 Å². The summed E-state index contributed by atoms with van der Waals surface area (Å²) in [6, 6.07) is 1.26. The van der Waals surface area contributed by atoms with Crippen LogP contribution in [0.2, 0.25) is 0 Å². The predicted molar refractivity (Wildman–Crippen MR) is 61.9 cm³/mol. The minimum absolute atomic E-state index is 0.0663. The van der Waals surface area contributed by atoms with Crippen molar-refractivity contribution >= 4 is 5.91 Å². The molecule has 1 aromatic rings. The van der Waals surface area contributed by atoms with Gasteiger partial charge in [-0.15, -0.1) is 0 Å². The third-order valence-electron chi connectivity index (χ3n) is 2.85. The summed E-state index contributed by atoms with van der Waals surface area (Å²) in [7, 11) is 0. The van der Waals surface area contributed by atoms with Crippen molar-refractivity contribution in [3.8, 4) is 0 Å². The molecule has 7 heteroatoms. The van der Waals surface area contributed by atoms with Crippen molar-refractivity contribution in [2.45, 2.75) is 12.6 Å². The van der Waals surface area contributed by atoms with Gasteiger partial charge < -0.3 is 14.7 Å². The van der Waals surface area contributed by atoms with Crippen molar-refractivity contribution in [2.75, 3.05) is 26.4 Å². The predicted octanol–water partition coefficient (Wildman–Crippen LogP) is -1.54. The van der Waals surface area contributed by atoms with Crippen LogP contribution in [0.25, 0.3) is 0 Å². The molecule has 18 heavy (non-hydrogen) atoms. The van der Waals surface area contributed by atoms with Gasteiger partial charge in [0.1, 0.15) is 6.54 Å². The molecular weight excluding hydrogens is 238 g/mol. The van der Waals surface area contributed by atoms with E-state index in [1.165, 1.54) is 17.0 Å². The highest BCUT2D eigenvalue weighted by Crippen LogP contribution is 2.07. The quantitative estimate of drug-likeness (QED) is 0.706. The summed E-state index contributed by atoms with van der Waals surface area (Å²) in [6.45, 7) is 0.990. The van der Waals surface area contributed by atoms with E-state index >= 15 is 0 Å². The zero-order valence-electron chi connectivity index (χ0n) is 9.86. The summed E-state index contributed by atoms with van der Waals surface area (Å²) >= 11 is 0. The lowest BCUT2D eigenvalue weighted by Gasteiger charge is -2.34. The largest absolute Gasteiger partial charge is 0.394 e. The first-order chi connectivity index (χ1) is 8.72. The van der Waals surface area contributed by atoms with Gasteiger partial charge in [0, 0.05) is 18.9 Å². The number of aliphatic hydroxyl groups excluding tert-OH is 1. The van der Waals surface area contributed by atoms with Crippen molar-refractivity contribution in [1.29, 1.82) is 0 Å². The maximum Gasteiger partial charge on any atom is 0.347 e. The molecule has 2 rings (SSSR count). The molecule has 1 aromatic heterocycles. The van der Waals surface area contributed by atoms with Gasteiger partial charge in [-0.1, -0.05) is 0 Å². The number of carbonyl (C=O) groups excluding carboxylic acids is 1. The second-order valence-corrected chi connectivity index (χ2v) is 4.03. The van der Waals surface area contributed by atoms with Gasteiger partial charge in [-0.05, 0) is 6.07 Å². The molecule has 0 radical (unpaired) electrons. The van der Waals surface area contributed by atoms with E-state index in [-0.39, 0.29) is 25.1 Å². The summed E-state index contributed by atoms with van der Waals surface area (Å²) in [5, 5.41) is 9.18. The molecule has 1 N–H and O–H groups in total. The fourth-order valence-electron chi connectivity index (χ4n) is 1.88. The van der Waals surface area contributed by atoms with Gasteiger partial charge in [-0.25, -0.2) is 9.78 Å². The first-order valence-corrected chi connectivity index (χ1v) is 5.72. The molecule has 1 aliphatic rings. The first-order valence-electron chi connectivity index (χ1n) is 5.72. The Balaban J connectivity index is 2.07. The van der Waals surface area contributed by atoms with E-state index in [1.807, 2.05) is 0 Å². The van der Waals surface area contributed by atoms with Crippen molar-refractivity contribution in [3.63, 3.8) is 0 Å². The first kappa shape index (κ1) is 12.7. The molecular formula is C11H15N3O4. The standard InChI is InChI=1S/C11H15N3O4/c15-7-9-8-18-5-4-14(9)10(16)6-13-3-1-2-12-11(13)17/h1-3,9,15H,4-8H2. The van der Waals surface area contributed by atoms with Crippen LogP contribution in [0.4, 0.5) is 0 Å². The molecule has 98 valence electrons. The van der Waals surface area contributed by atoms with Crippen LogP contribution in [0.15, 0.2) is 23.3 Å². The van der Waals surface area contributed by atoms with E-state index in [0.717, 1.165) is 0 Å². The highest BCUT2D eigenvalue weighted by molar-refractivity contribution is 5.76. The van der Waals surface area contributed by atoms with Crippen molar-refractivity contribution in [2.24, 2.45) is 0 Å². The lowest BCUT2D eigenvalue weighted by Crippen LogP contribution is -2.51. The summed E-state index contributed by atoms with van der Waals surface area (Å²) in [4.78, 5) is 28.6.